The molecule has 1 aromatic heterocycles. The fraction of sp³-hybridized carbons (Fsp3) is 0.333. The first-order valence-corrected chi connectivity index (χ1v) is 4.66. The van der Waals surface area contributed by atoms with Crippen molar-refractivity contribution in [1.29, 1.82) is 0 Å². The molecule has 1 aromatic rings. The highest BCUT2D eigenvalue weighted by atomic mass is 19.1. The second kappa shape index (κ2) is 6.99. The summed E-state index contributed by atoms with van der Waals surface area (Å²) < 4.78 is 12.0. The molecule has 1 rings (SSSR count). The van der Waals surface area contributed by atoms with E-state index in [0.717, 1.165) is 0 Å². The van der Waals surface area contributed by atoms with Crippen LogP contribution in [0.5, 0.6) is 0 Å². The molecule has 0 spiro atoms. The smallest absolute Gasteiger partial charge is 0.325 e. The molecule has 1 atom stereocenters. The van der Waals surface area contributed by atoms with Crippen LogP contribution in [0, 0.1) is 11.7 Å². The van der Waals surface area contributed by atoms with E-state index in [2.05, 4.69) is 0 Å². The normalized spacial score (nSPS) is 11.0. The highest BCUT2D eigenvalue weighted by molar-refractivity contribution is 5.77. The number of carbonyl (C=O) groups is 2. The second-order valence-corrected chi connectivity index (χ2v) is 3.26. The zero-order valence-corrected chi connectivity index (χ0v) is 9.27. The van der Waals surface area contributed by atoms with Gasteiger partial charge in [-0.25, -0.2) is 4.79 Å². The fourth-order valence-electron chi connectivity index (χ4n) is 0.743. The highest BCUT2D eigenvalue weighted by Crippen LogP contribution is 1.99. The van der Waals surface area contributed by atoms with Gasteiger partial charge in [0.15, 0.2) is 0 Å². The van der Waals surface area contributed by atoms with Crippen LogP contribution in [0.4, 0.5) is 4.39 Å². The van der Waals surface area contributed by atoms with Crippen LogP contribution in [0.25, 0.3) is 0 Å². The molecular weight excluding hydrogens is 251 g/mol. The van der Waals surface area contributed by atoms with E-state index < -0.39 is 34.9 Å². The van der Waals surface area contributed by atoms with Crippen LogP contribution >= 0.6 is 0 Å². The van der Waals surface area contributed by atoms with Gasteiger partial charge in [0.05, 0.1) is 12.3 Å². The standard InChI is InChI=1S/C5H8O4.C4H3FN2O2/c1-3(5(8)9)2-4(6)7;5-2-1-6-4(9)7-3(2)8/h3H,2H2,1H3,(H,6,7)(H,8,9);1H,(H2,6,7,8,9). The Labute approximate surface area is 99.1 Å². The zero-order chi connectivity index (χ0) is 14.3. The summed E-state index contributed by atoms with van der Waals surface area (Å²) in [6, 6.07) is 0. The van der Waals surface area contributed by atoms with Crippen LogP contribution in [-0.2, 0) is 9.59 Å². The molecule has 0 amide bonds. The molecule has 0 aliphatic rings. The maximum absolute atomic E-state index is 12.0. The van der Waals surface area contributed by atoms with Crippen molar-refractivity contribution in [2.45, 2.75) is 13.3 Å². The number of H-pyrrole nitrogens is 2. The Balaban J connectivity index is 0.000000321. The van der Waals surface area contributed by atoms with Crippen LogP contribution in [0.1, 0.15) is 13.3 Å². The first-order valence-electron chi connectivity index (χ1n) is 4.66. The van der Waals surface area contributed by atoms with E-state index in [0.29, 0.717) is 6.20 Å². The number of aromatic nitrogens is 2. The topological polar surface area (TPSA) is 140 Å². The zero-order valence-electron chi connectivity index (χ0n) is 9.27. The molecule has 0 bridgehead atoms. The Morgan fingerprint density at radius 1 is 1.39 bits per heavy atom. The van der Waals surface area contributed by atoms with Gasteiger partial charge >= 0.3 is 17.6 Å². The van der Waals surface area contributed by atoms with Crippen molar-refractivity contribution in [3.05, 3.63) is 32.9 Å². The number of nitrogens with one attached hydrogen (secondary N) is 2. The molecule has 0 fully saturated rings. The molecule has 0 radical (unpaired) electrons. The average Bonchev–Trinajstić information content (AvgIpc) is 2.24. The highest BCUT2D eigenvalue weighted by Gasteiger charge is 2.13. The Hall–Kier alpha value is -2.45. The number of hydrogen-bond donors (Lipinski definition) is 4. The second-order valence-electron chi connectivity index (χ2n) is 3.26. The molecule has 4 N–H and O–H groups in total. The van der Waals surface area contributed by atoms with Gasteiger partial charge in [-0.2, -0.15) is 4.39 Å². The predicted octanol–water partition coefficient (Wildman–Crippen LogP) is -0.616. The fourth-order valence-corrected chi connectivity index (χ4v) is 0.743. The molecule has 0 aromatic carbocycles. The largest absolute Gasteiger partial charge is 0.481 e. The molecule has 0 aliphatic carbocycles. The molecular formula is C9H11FN2O6. The van der Waals surface area contributed by atoms with Crippen molar-refractivity contribution in [2.24, 2.45) is 5.92 Å². The maximum atomic E-state index is 12.0. The van der Waals surface area contributed by atoms with Crippen LogP contribution in [0.3, 0.4) is 0 Å². The Morgan fingerprint density at radius 2 is 1.94 bits per heavy atom. The SMILES string of the molecule is CC(CC(=O)O)C(=O)O.O=c1[nH]cc(F)c(=O)[nH]1. The van der Waals surface area contributed by atoms with Gasteiger partial charge in [0.2, 0.25) is 5.82 Å². The first-order chi connectivity index (χ1) is 8.23. The minimum absolute atomic E-state index is 0.310. The number of rotatable bonds is 3. The molecule has 1 heterocycles. The van der Waals surface area contributed by atoms with E-state index in [-0.39, 0.29) is 6.42 Å². The first kappa shape index (κ1) is 15.5. The number of hydrogen-bond acceptors (Lipinski definition) is 4. The van der Waals surface area contributed by atoms with E-state index in [1.165, 1.54) is 6.92 Å². The van der Waals surface area contributed by atoms with Crippen molar-refractivity contribution in [1.82, 2.24) is 9.97 Å². The van der Waals surface area contributed by atoms with Gasteiger partial charge in [0.25, 0.3) is 5.56 Å². The van der Waals surface area contributed by atoms with Gasteiger partial charge < -0.3 is 15.2 Å². The van der Waals surface area contributed by atoms with Gasteiger partial charge in [0.1, 0.15) is 0 Å². The molecule has 1 unspecified atom stereocenters. The molecule has 9 heteroatoms. The third-order valence-electron chi connectivity index (χ3n) is 1.68. The van der Waals surface area contributed by atoms with Gasteiger partial charge in [-0.1, -0.05) is 6.92 Å². The van der Waals surface area contributed by atoms with Crippen molar-refractivity contribution in [3.63, 3.8) is 0 Å². The molecule has 18 heavy (non-hydrogen) atoms. The Morgan fingerprint density at radius 3 is 2.22 bits per heavy atom. The van der Waals surface area contributed by atoms with Crippen molar-refractivity contribution in [2.75, 3.05) is 0 Å². The van der Waals surface area contributed by atoms with Crippen LogP contribution in [0.15, 0.2) is 15.8 Å². The number of carboxylic acid groups (broad SMARTS) is 2. The molecule has 0 saturated carbocycles. The molecule has 0 saturated heterocycles. The lowest BCUT2D eigenvalue weighted by Gasteiger charge is -1.98. The molecule has 0 aliphatic heterocycles. The Bertz CT molecular complexity index is 534. The average molecular weight is 262 g/mol. The van der Waals surface area contributed by atoms with E-state index >= 15 is 0 Å². The van der Waals surface area contributed by atoms with Crippen molar-refractivity contribution >= 4 is 11.9 Å². The van der Waals surface area contributed by atoms with Crippen molar-refractivity contribution in [3.8, 4) is 0 Å². The van der Waals surface area contributed by atoms with E-state index in [1.54, 1.807) is 4.98 Å². The maximum Gasteiger partial charge on any atom is 0.325 e. The van der Waals surface area contributed by atoms with Gasteiger partial charge in [-0.05, 0) is 0 Å². The summed E-state index contributed by atoms with van der Waals surface area (Å²) >= 11 is 0. The van der Waals surface area contributed by atoms with E-state index in [9.17, 15) is 23.6 Å². The summed E-state index contributed by atoms with van der Waals surface area (Å²) in [5.74, 6) is -3.93. The number of aromatic amines is 2. The predicted molar refractivity (Wildman–Crippen MR) is 56.7 cm³/mol. The van der Waals surface area contributed by atoms with Gasteiger partial charge in [-0.3, -0.25) is 19.4 Å². The third-order valence-corrected chi connectivity index (χ3v) is 1.68. The summed E-state index contributed by atoms with van der Waals surface area (Å²) in [5.41, 5.74) is -1.71. The number of halogens is 1. The Kier molecular flexibility index (Phi) is 6.04. The van der Waals surface area contributed by atoms with Crippen LogP contribution < -0.4 is 11.2 Å². The van der Waals surface area contributed by atoms with E-state index in [4.69, 9.17) is 10.2 Å². The minimum Gasteiger partial charge on any atom is -0.481 e. The lowest BCUT2D eigenvalue weighted by atomic mass is 10.1. The van der Waals surface area contributed by atoms with Crippen molar-refractivity contribution < 1.29 is 24.2 Å². The van der Waals surface area contributed by atoms with Gasteiger partial charge in [-0.15, -0.1) is 0 Å². The summed E-state index contributed by atoms with van der Waals surface area (Å²) in [4.78, 5) is 43.8. The lowest BCUT2D eigenvalue weighted by Crippen LogP contribution is -2.23. The summed E-state index contributed by atoms with van der Waals surface area (Å²) in [5, 5.41) is 16.2. The van der Waals surface area contributed by atoms with Crippen LogP contribution in [-0.4, -0.2) is 32.1 Å². The minimum atomic E-state index is -1.08. The van der Waals surface area contributed by atoms with E-state index in [1.807, 2.05) is 4.98 Å². The number of carboxylic acids is 2. The van der Waals surface area contributed by atoms with Crippen LogP contribution in [0.2, 0.25) is 0 Å². The summed E-state index contributed by atoms with van der Waals surface area (Å²) in [6.07, 6.45) is 0.399. The van der Waals surface area contributed by atoms with Gasteiger partial charge in [0, 0.05) is 6.20 Å². The molecule has 8 nitrogen and oxygen atoms in total. The number of aliphatic carboxylic acids is 2. The quantitative estimate of drug-likeness (QED) is 0.572. The summed E-state index contributed by atoms with van der Waals surface area (Å²) in [6.45, 7) is 1.36. The molecule has 100 valence electrons. The monoisotopic (exact) mass is 262 g/mol. The summed E-state index contributed by atoms with van der Waals surface area (Å²) in [7, 11) is 0. The third kappa shape index (κ3) is 6.20. The lowest BCUT2D eigenvalue weighted by molar-refractivity contribution is -0.147.